The maximum absolute atomic E-state index is 12.4. The van der Waals surface area contributed by atoms with Crippen molar-refractivity contribution in [1.29, 1.82) is 0 Å². The topological polar surface area (TPSA) is 60.9 Å². The van der Waals surface area contributed by atoms with Crippen LogP contribution in [-0.4, -0.2) is 58.8 Å². The lowest BCUT2D eigenvalue weighted by Gasteiger charge is -2.30. The number of carboxylic acids is 1. The number of carbonyl (C=O) groups is 2. The van der Waals surface area contributed by atoms with Crippen molar-refractivity contribution in [1.82, 2.24) is 9.80 Å². The predicted octanol–water partition coefficient (Wildman–Crippen LogP) is 1.93. The van der Waals surface area contributed by atoms with Gasteiger partial charge in [-0.15, -0.1) is 0 Å². The monoisotopic (exact) mass is 282 g/mol. The second kappa shape index (κ2) is 6.12. The zero-order valence-electron chi connectivity index (χ0n) is 10.6. The molecular weight excluding hydrogens is 265 g/mol. The number of carbonyl (C=O) groups excluding carboxylic acids is 1. The Balaban J connectivity index is 2.78. The normalized spacial score (nSPS) is 19.6. The van der Waals surface area contributed by atoms with Crippen LogP contribution in [0.5, 0.6) is 0 Å². The van der Waals surface area contributed by atoms with E-state index in [1.807, 2.05) is 0 Å². The molecule has 1 saturated heterocycles. The number of rotatable bonds is 4. The van der Waals surface area contributed by atoms with E-state index in [-0.39, 0.29) is 19.5 Å². The number of halogens is 3. The van der Waals surface area contributed by atoms with E-state index in [9.17, 15) is 22.8 Å². The third-order valence-corrected chi connectivity index (χ3v) is 2.92. The number of carboxylic acid groups (broad SMARTS) is 1. The van der Waals surface area contributed by atoms with Crippen LogP contribution in [0.4, 0.5) is 18.0 Å². The summed E-state index contributed by atoms with van der Waals surface area (Å²) in [5.41, 5.74) is 0. The number of nitrogens with zero attached hydrogens (tertiary/aromatic N) is 2. The first-order chi connectivity index (χ1) is 8.76. The standard InChI is InChI=1S/C11H17F3N2O3/c1-2-5-15(7-11(12,13)14)10(19)16-6-3-4-8(16)9(17)18/h8H,2-7H2,1H3,(H,17,18). The molecule has 0 aliphatic carbocycles. The third kappa shape index (κ3) is 4.29. The van der Waals surface area contributed by atoms with E-state index in [1.54, 1.807) is 6.92 Å². The second-order valence-corrected chi connectivity index (χ2v) is 4.51. The van der Waals surface area contributed by atoms with Gasteiger partial charge < -0.3 is 14.9 Å². The Morgan fingerprint density at radius 1 is 1.42 bits per heavy atom. The fourth-order valence-corrected chi connectivity index (χ4v) is 2.16. The van der Waals surface area contributed by atoms with Gasteiger partial charge in [-0.05, 0) is 19.3 Å². The van der Waals surface area contributed by atoms with E-state index in [0.717, 1.165) is 4.90 Å². The number of alkyl halides is 3. The van der Waals surface area contributed by atoms with Gasteiger partial charge in [0.25, 0.3) is 0 Å². The smallest absolute Gasteiger partial charge is 0.406 e. The number of amides is 2. The Labute approximate surface area is 109 Å². The van der Waals surface area contributed by atoms with E-state index in [0.29, 0.717) is 17.7 Å². The number of hydrogen-bond donors (Lipinski definition) is 1. The van der Waals surface area contributed by atoms with Gasteiger partial charge in [-0.1, -0.05) is 6.92 Å². The summed E-state index contributed by atoms with van der Waals surface area (Å²) in [7, 11) is 0. The van der Waals surface area contributed by atoms with Crippen molar-refractivity contribution in [3.05, 3.63) is 0 Å². The summed E-state index contributed by atoms with van der Waals surface area (Å²) in [6.45, 7) is 0.465. The summed E-state index contributed by atoms with van der Waals surface area (Å²) < 4.78 is 37.2. The highest BCUT2D eigenvalue weighted by molar-refractivity contribution is 5.83. The Kier molecular flexibility index (Phi) is 5.02. The minimum Gasteiger partial charge on any atom is -0.480 e. The molecular formula is C11H17F3N2O3. The lowest BCUT2D eigenvalue weighted by Crippen LogP contribution is -2.50. The molecule has 5 nitrogen and oxygen atoms in total. The molecule has 19 heavy (non-hydrogen) atoms. The molecule has 1 fully saturated rings. The van der Waals surface area contributed by atoms with Gasteiger partial charge in [0.15, 0.2) is 0 Å². The van der Waals surface area contributed by atoms with Crippen LogP contribution in [-0.2, 0) is 4.79 Å². The van der Waals surface area contributed by atoms with Crippen LogP contribution in [0.1, 0.15) is 26.2 Å². The van der Waals surface area contributed by atoms with E-state index >= 15 is 0 Å². The first-order valence-corrected chi connectivity index (χ1v) is 6.11. The van der Waals surface area contributed by atoms with Crippen LogP contribution in [0.2, 0.25) is 0 Å². The molecule has 0 bridgehead atoms. The summed E-state index contributed by atoms with van der Waals surface area (Å²) in [6.07, 6.45) is -3.32. The molecule has 2 amide bonds. The van der Waals surface area contributed by atoms with Crippen LogP contribution in [0.15, 0.2) is 0 Å². The molecule has 1 atom stereocenters. The predicted molar refractivity (Wildman–Crippen MR) is 60.7 cm³/mol. The Morgan fingerprint density at radius 2 is 2.05 bits per heavy atom. The highest BCUT2D eigenvalue weighted by atomic mass is 19.4. The summed E-state index contributed by atoms with van der Waals surface area (Å²) in [5, 5.41) is 8.94. The van der Waals surface area contributed by atoms with Crippen LogP contribution in [0.3, 0.4) is 0 Å². The highest BCUT2D eigenvalue weighted by Gasteiger charge is 2.39. The summed E-state index contributed by atoms with van der Waals surface area (Å²) in [4.78, 5) is 24.6. The molecule has 0 spiro atoms. The molecule has 1 heterocycles. The van der Waals surface area contributed by atoms with E-state index in [2.05, 4.69) is 0 Å². The zero-order chi connectivity index (χ0) is 14.6. The average Bonchev–Trinajstić information content (AvgIpc) is 2.74. The van der Waals surface area contributed by atoms with Gasteiger partial charge in [-0.25, -0.2) is 9.59 Å². The maximum Gasteiger partial charge on any atom is 0.406 e. The SMILES string of the molecule is CCCN(CC(F)(F)F)C(=O)N1CCCC1C(=O)O. The molecule has 0 saturated carbocycles. The number of likely N-dealkylation sites (tertiary alicyclic amines) is 1. The Bertz CT molecular complexity index is 347. The van der Waals surface area contributed by atoms with E-state index in [4.69, 9.17) is 5.11 Å². The van der Waals surface area contributed by atoms with Crippen molar-refractivity contribution in [3.8, 4) is 0 Å². The van der Waals surface area contributed by atoms with Gasteiger partial charge in [0.1, 0.15) is 12.6 Å². The Hall–Kier alpha value is -1.47. The second-order valence-electron chi connectivity index (χ2n) is 4.51. The van der Waals surface area contributed by atoms with Gasteiger partial charge in [-0.3, -0.25) is 0 Å². The first-order valence-electron chi connectivity index (χ1n) is 6.11. The average molecular weight is 282 g/mol. The maximum atomic E-state index is 12.4. The summed E-state index contributed by atoms with van der Waals surface area (Å²) >= 11 is 0. The summed E-state index contributed by atoms with van der Waals surface area (Å²) in [6, 6.07) is -1.86. The molecule has 0 radical (unpaired) electrons. The number of hydrogen-bond acceptors (Lipinski definition) is 2. The fraction of sp³-hybridized carbons (Fsp3) is 0.818. The van der Waals surface area contributed by atoms with Gasteiger partial charge in [0.2, 0.25) is 0 Å². The molecule has 0 aromatic heterocycles. The number of aliphatic carboxylic acids is 1. The highest BCUT2D eigenvalue weighted by Crippen LogP contribution is 2.22. The largest absolute Gasteiger partial charge is 0.480 e. The van der Waals surface area contributed by atoms with Crippen molar-refractivity contribution >= 4 is 12.0 Å². The van der Waals surface area contributed by atoms with Crippen LogP contribution >= 0.6 is 0 Å². The van der Waals surface area contributed by atoms with Crippen molar-refractivity contribution < 1.29 is 27.9 Å². The lowest BCUT2D eigenvalue weighted by molar-refractivity contribution is -0.144. The van der Waals surface area contributed by atoms with Crippen LogP contribution in [0, 0.1) is 0 Å². The van der Waals surface area contributed by atoms with Crippen LogP contribution < -0.4 is 0 Å². The lowest BCUT2D eigenvalue weighted by atomic mass is 10.2. The first kappa shape index (κ1) is 15.6. The zero-order valence-corrected chi connectivity index (χ0v) is 10.6. The molecule has 1 N–H and O–H groups in total. The number of urea groups is 1. The molecule has 1 rings (SSSR count). The molecule has 8 heteroatoms. The molecule has 1 aliphatic heterocycles. The van der Waals surface area contributed by atoms with Crippen LogP contribution in [0.25, 0.3) is 0 Å². The fourth-order valence-electron chi connectivity index (χ4n) is 2.16. The third-order valence-electron chi connectivity index (χ3n) is 2.92. The van der Waals surface area contributed by atoms with Crippen molar-refractivity contribution in [2.24, 2.45) is 0 Å². The van der Waals surface area contributed by atoms with E-state index in [1.165, 1.54) is 0 Å². The molecule has 1 unspecified atom stereocenters. The molecule has 0 aromatic carbocycles. The van der Waals surface area contributed by atoms with Crippen molar-refractivity contribution in [3.63, 3.8) is 0 Å². The van der Waals surface area contributed by atoms with Gasteiger partial charge in [-0.2, -0.15) is 13.2 Å². The summed E-state index contributed by atoms with van der Waals surface area (Å²) in [5.74, 6) is -1.17. The van der Waals surface area contributed by atoms with Gasteiger partial charge in [0.05, 0.1) is 0 Å². The van der Waals surface area contributed by atoms with Crippen molar-refractivity contribution in [2.75, 3.05) is 19.6 Å². The van der Waals surface area contributed by atoms with Gasteiger partial charge in [0, 0.05) is 13.1 Å². The molecule has 110 valence electrons. The van der Waals surface area contributed by atoms with Crippen molar-refractivity contribution in [2.45, 2.75) is 38.4 Å². The quantitative estimate of drug-likeness (QED) is 0.857. The molecule has 0 aromatic rings. The molecule has 1 aliphatic rings. The Morgan fingerprint density at radius 3 is 2.53 bits per heavy atom. The minimum absolute atomic E-state index is 0.0405. The van der Waals surface area contributed by atoms with E-state index < -0.39 is 30.8 Å². The minimum atomic E-state index is -4.48. The van der Waals surface area contributed by atoms with Gasteiger partial charge >= 0.3 is 18.2 Å².